The van der Waals surface area contributed by atoms with Crippen LogP contribution < -0.4 is 0 Å². The Kier molecular flexibility index (Phi) is 10.1. The Morgan fingerprint density at radius 3 is 2.19 bits per heavy atom. The molecule has 168 valence electrons. The predicted molar refractivity (Wildman–Crippen MR) is 133 cm³/mol. The third-order valence-corrected chi connectivity index (χ3v) is 4.66. The van der Waals surface area contributed by atoms with Crippen LogP contribution in [0.5, 0.6) is 0 Å². The summed E-state index contributed by atoms with van der Waals surface area (Å²) in [6.07, 6.45) is 6.79. The zero-order valence-electron chi connectivity index (χ0n) is 19.5. The van der Waals surface area contributed by atoms with Crippen molar-refractivity contribution in [3.8, 4) is 22.5 Å². The number of aromatic nitrogens is 4. The lowest BCUT2D eigenvalue weighted by atomic mass is 10.1. The van der Waals surface area contributed by atoms with Crippen molar-refractivity contribution in [3.63, 3.8) is 0 Å². The van der Waals surface area contributed by atoms with Crippen LogP contribution in [0, 0.1) is 0 Å². The molecule has 0 saturated carbocycles. The van der Waals surface area contributed by atoms with Crippen LogP contribution in [0.4, 0.5) is 0 Å². The van der Waals surface area contributed by atoms with Gasteiger partial charge in [0.1, 0.15) is 0 Å². The Hall–Kier alpha value is -3.44. The van der Waals surface area contributed by atoms with E-state index in [0.717, 1.165) is 28.1 Å². The number of benzene rings is 2. The van der Waals surface area contributed by atoms with E-state index in [2.05, 4.69) is 16.7 Å². The van der Waals surface area contributed by atoms with Gasteiger partial charge in [-0.3, -0.25) is 4.68 Å². The van der Waals surface area contributed by atoms with E-state index in [4.69, 9.17) is 0 Å². The second kappa shape index (κ2) is 13.1. The summed E-state index contributed by atoms with van der Waals surface area (Å²) in [6.45, 7) is 12.8. The zero-order chi connectivity index (χ0) is 23.3. The van der Waals surface area contributed by atoms with Crippen molar-refractivity contribution in [1.29, 1.82) is 0 Å². The second-order valence-corrected chi connectivity index (χ2v) is 6.63. The minimum Gasteiger partial charge on any atom is -0.387 e. The Bertz CT molecular complexity index is 1050. The molecule has 0 spiro atoms. The Morgan fingerprint density at radius 2 is 1.56 bits per heavy atom. The predicted octanol–water partition coefficient (Wildman–Crippen LogP) is 6.39. The molecule has 32 heavy (non-hydrogen) atoms. The Balaban J connectivity index is 0.000000860. The van der Waals surface area contributed by atoms with Gasteiger partial charge in [0.15, 0.2) is 0 Å². The molecule has 2 heterocycles. The molecular formula is C27H34N4O. The molecular weight excluding hydrogens is 396 g/mol. The molecule has 4 rings (SSSR count). The van der Waals surface area contributed by atoms with E-state index in [1.54, 1.807) is 6.33 Å². The van der Waals surface area contributed by atoms with Gasteiger partial charge in [-0.25, -0.2) is 4.98 Å². The third kappa shape index (κ3) is 6.05. The summed E-state index contributed by atoms with van der Waals surface area (Å²) in [5.74, 6) is 0. The van der Waals surface area contributed by atoms with E-state index < -0.39 is 6.10 Å². The molecule has 5 nitrogen and oxygen atoms in total. The number of rotatable bonds is 7. The van der Waals surface area contributed by atoms with Gasteiger partial charge in [0.05, 0.1) is 43.1 Å². The SMILES string of the molecule is C=CCn1cc(-c2c(-c3ccccc3)ncn2CC(O)c2ccccc2)cn1.CC.CC. The van der Waals surface area contributed by atoms with Crippen LogP contribution in [0.15, 0.2) is 92.0 Å². The van der Waals surface area contributed by atoms with E-state index in [1.807, 2.05) is 116 Å². The molecule has 0 bridgehead atoms. The molecule has 2 aromatic heterocycles. The number of imidazole rings is 1. The average molecular weight is 431 g/mol. The van der Waals surface area contributed by atoms with Crippen molar-refractivity contribution in [2.45, 2.75) is 46.9 Å². The first kappa shape index (κ1) is 24.8. The second-order valence-electron chi connectivity index (χ2n) is 6.63. The topological polar surface area (TPSA) is 55.9 Å². The number of hydrogen-bond acceptors (Lipinski definition) is 3. The first-order chi connectivity index (χ1) is 15.8. The minimum atomic E-state index is -0.624. The molecule has 5 heteroatoms. The lowest BCUT2D eigenvalue weighted by Crippen LogP contribution is -2.09. The summed E-state index contributed by atoms with van der Waals surface area (Å²) in [4.78, 5) is 4.66. The monoisotopic (exact) mass is 430 g/mol. The molecule has 0 aliphatic heterocycles. The van der Waals surface area contributed by atoms with Gasteiger partial charge >= 0.3 is 0 Å². The lowest BCUT2D eigenvalue weighted by molar-refractivity contribution is 0.157. The van der Waals surface area contributed by atoms with E-state index in [0.29, 0.717) is 13.1 Å². The van der Waals surface area contributed by atoms with Crippen LogP contribution in [0.2, 0.25) is 0 Å². The number of aliphatic hydroxyl groups excluding tert-OH is 1. The van der Waals surface area contributed by atoms with Crippen molar-refractivity contribution in [2.75, 3.05) is 0 Å². The van der Waals surface area contributed by atoms with Gasteiger partial charge < -0.3 is 9.67 Å². The largest absolute Gasteiger partial charge is 0.387 e. The molecule has 1 unspecified atom stereocenters. The fraction of sp³-hybridized carbons (Fsp3) is 0.259. The van der Waals surface area contributed by atoms with Gasteiger partial charge in [-0.1, -0.05) is 94.4 Å². The van der Waals surface area contributed by atoms with Crippen LogP contribution in [0.3, 0.4) is 0 Å². The zero-order valence-corrected chi connectivity index (χ0v) is 19.5. The number of aliphatic hydroxyl groups is 1. The normalized spacial score (nSPS) is 10.9. The van der Waals surface area contributed by atoms with Gasteiger partial charge in [0, 0.05) is 17.3 Å². The van der Waals surface area contributed by atoms with E-state index in [-0.39, 0.29) is 0 Å². The summed E-state index contributed by atoms with van der Waals surface area (Å²) in [5.41, 5.74) is 4.68. The quantitative estimate of drug-likeness (QED) is 0.346. The van der Waals surface area contributed by atoms with Crippen LogP contribution >= 0.6 is 0 Å². The molecule has 4 aromatic rings. The first-order valence-corrected chi connectivity index (χ1v) is 11.2. The van der Waals surface area contributed by atoms with Gasteiger partial charge in [-0.05, 0) is 5.56 Å². The van der Waals surface area contributed by atoms with Crippen LogP contribution in [0.1, 0.15) is 39.4 Å². The minimum absolute atomic E-state index is 0.409. The molecule has 0 radical (unpaired) electrons. The molecule has 0 saturated heterocycles. The average Bonchev–Trinajstić information content (AvgIpc) is 3.50. The highest BCUT2D eigenvalue weighted by molar-refractivity contribution is 5.78. The van der Waals surface area contributed by atoms with E-state index >= 15 is 0 Å². The van der Waals surface area contributed by atoms with Crippen molar-refractivity contribution in [1.82, 2.24) is 19.3 Å². The first-order valence-electron chi connectivity index (χ1n) is 11.2. The molecule has 0 amide bonds. The van der Waals surface area contributed by atoms with Gasteiger partial charge in [0.2, 0.25) is 0 Å². The highest BCUT2D eigenvalue weighted by Gasteiger charge is 2.19. The van der Waals surface area contributed by atoms with Crippen molar-refractivity contribution < 1.29 is 5.11 Å². The molecule has 1 atom stereocenters. The van der Waals surface area contributed by atoms with Gasteiger partial charge in [0.25, 0.3) is 0 Å². The highest BCUT2D eigenvalue weighted by Crippen LogP contribution is 2.32. The molecule has 0 aliphatic rings. The summed E-state index contributed by atoms with van der Waals surface area (Å²) in [7, 11) is 0. The molecule has 0 aliphatic carbocycles. The van der Waals surface area contributed by atoms with E-state index in [9.17, 15) is 5.11 Å². The lowest BCUT2D eigenvalue weighted by Gasteiger charge is -2.14. The van der Waals surface area contributed by atoms with Crippen molar-refractivity contribution in [3.05, 3.63) is 97.6 Å². The smallest absolute Gasteiger partial charge is 0.0969 e. The van der Waals surface area contributed by atoms with Crippen molar-refractivity contribution in [2.24, 2.45) is 0 Å². The van der Waals surface area contributed by atoms with Crippen LogP contribution in [-0.4, -0.2) is 24.4 Å². The van der Waals surface area contributed by atoms with Gasteiger partial charge in [-0.2, -0.15) is 5.10 Å². The summed E-state index contributed by atoms with van der Waals surface area (Å²) >= 11 is 0. The van der Waals surface area contributed by atoms with E-state index in [1.165, 1.54) is 0 Å². The number of nitrogens with zero attached hydrogens (tertiary/aromatic N) is 4. The number of hydrogen-bond donors (Lipinski definition) is 1. The summed E-state index contributed by atoms with van der Waals surface area (Å²) in [5, 5.41) is 15.1. The third-order valence-electron chi connectivity index (χ3n) is 4.66. The fourth-order valence-electron chi connectivity index (χ4n) is 3.32. The van der Waals surface area contributed by atoms with Crippen LogP contribution in [-0.2, 0) is 13.1 Å². The maximum absolute atomic E-state index is 10.7. The van der Waals surface area contributed by atoms with Crippen molar-refractivity contribution >= 4 is 0 Å². The van der Waals surface area contributed by atoms with Crippen LogP contribution in [0.25, 0.3) is 22.5 Å². The number of allylic oxidation sites excluding steroid dienone is 1. The molecule has 0 fully saturated rings. The fourth-order valence-corrected chi connectivity index (χ4v) is 3.32. The maximum Gasteiger partial charge on any atom is 0.0969 e. The summed E-state index contributed by atoms with van der Waals surface area (Å²) < 4.78 is 3.83. The summed E-state index contributed by atoms with van der Waals surface area (Å²) in [6, 6.07) is 19.7. The highest BCUT2D eigenvalue weighted by atomic mass is 16.3. The molecule has 1 N–H and O–H groups in total. The Morgan fingerprint density at radius 1 is 0.938 bits per heavy atom. The standard InChI is InChI=1S/C23H22N4O.2C2H6/c1-2-13-27-15-20(14-25-27)23-22(19-11-7-4-8-12-19)24-17-26(23)16-21(28)18-9-5-3-6-10-18;2*1-2/h2-12,14-15,17,21,28H,1,13,16H2;2*1-2H3. The van der Waals surface area contributed by atoms with Gasteiger partial charge in [-0.15, -0.1) is 6.58 Å². The molecule has 2 aromatic carbocycles. The maximum atomic E-state index is 10.7. The Labute approximate surface area is 191 Å².